The van der Waals surface area contributed by atoms with E-state index in [0.29, 0.717) is 0 Å². The van der Waals surface area contributed by atoms with Gasteiger partial charge in [0.2, 0.25) is 0 Å². The van der Waals surface area contributed by atoms with E-state index in [1.807, 2.05) is 0 Å². The van der Waals surface area contributed by atoms with E-state index in [4.69, 9.17) is 28.7 Å². The highest BCUT2D eigenvalue weighted by Crippen LogP contribution is 2.15. The van der Waals surface area contributed by atoms with Crippen molar-refractivity contribution in [2.24, 2.45) is 28.7 Å². The average molecular weight is 285 g/mol. The molecule has 0 atom stereocenters. The summed E-state index contributed by atoms with van der Waals surface area (Å²) in [5, 5.41) is 0. The second-order valence-electron chi connectivity index (χ2n) is 6.69. The molecule has 1 saturated carbocycles. The van der Waals surface area contributed by atoms with Crippen LogP contribution in [-0.4, -0.2) is 30.2 Å². The maximum atomic E-state index is 6.13. The van der Waals surface area contributed by atoms with Gasteiger partial charge in [0.05, 0.1) is 0 Å². The number of rotatable bonds is 0. The van der Waals surface area contributed by atoms with Crippen molar-refractivity contribution in [1.82, 2.24) is 0 Å². The van der Waals surface area contributed by atoms with Gasteiger partial charge in [-0.05, 0) is 64.2 Å². The van der Waals surface area contributed by atoms with Crippen LogP contribution in [0.2, 0.25) is 0 Å². The van der Waals surface area contributed by atoms with Crippen LogP contribution in [0.4, 0.5) is 0 Å². The molecule has 0 aromatic carbocycles. The minimum Gasteiger partial charge on any atom is -0.328 e. The lowest BCUT2D eigenvalue weighted by molar-refractivity contribution is 0.434. The molecule has 0 spiro atoms. The molecule has 0 amide bonds. The summed E-state index contributed by atoms with van der Waals surface area (Å²) in [7, 11) is 0. The zero-order valence-electron chi connectivity index (χ0n) is 12.8. The SMILES string of the molecule is NC1CCC(N)CCC(N)CCC(N)CCC(N)CC1. The fourth-order valence-corrected chi connectivity index (χ4v) is 2.86. The van der Waals surface area contributed by atoms with Crippen molar-refractivity contribution >= 4 is 0 Å². The van der Waals surface area contributed by atoms with Crippen molar-refractivity contribution < 1.29 is 0 Å². The van der Waals surface area contributed by atoms with E-state index in [1.165, 1.54) is 0 Å². The van der Waals surface area contributed by atoms with Gasteiger partial charge in [0.15, 0.2) is 0 Å². The molecule has 0 radical (unpaired) electrons. The molecule has 0 bridgehead atoms. The lowest BCUT2D eigenvalue weighted by Gasteiger charge is -2.18. The Kier molecular flexibility index (Phi) is 8.64. The van der Waals surface area contributed by atoms with E-state index in [0.717, 1.165) is 64.2 Å². The molecule has 20 heavy (non-hydrogen) atoms. The predicted molar refractivity (Wildman–Crippen MR) is 86.0 cm³/mol. The summed E-state index contributed by atoms with van der Waals surface area (Å²) in [4.78, 5) is 0. The van der Waals surface area contributed by atoms with E-state index >= 15 is 0 Å². The summed E-state index contributed by atoms with van der Waals surface area (Å²) in [6, 6.07) is 1.11. The van der Waals surface area contributed by atoms with Crippen molar-refractivity contribution in [3.8, 4) is 0 Å². The molecule has 0 aromatic heterocycles. The van der Waals surface area contributed by atoms with Crippen LogP contribution in [0.25, 0.3) is 0 Å². The van der Waals surface area contributed by atoms with Crippen LogP contribution >= 0.6 is 0 Å². The minimum absolute atomic E-state index is 0.222. The third-order valence-electron chi connectivity index (χ3n) is 4.54. The van der Waals surface area contributed by atoms with Crippen LogP contribution in [0.1, 0.15) is 64.2 Å². The van der Waals surface area contributed by atoms with Crippen LogP contribution in [0.3, 0.4) is 0 Å². The average Bonchev–Trinajstić information content (AvgIpc) is 2.43. The highest BCUT2D eigenvalue weighted by Gasteiger charge is 2.14. The van der Waals surface area contributed by atoms with E-state index in [2.05, 4.69) is 0 Å². The van der Waals surface area contributed by atoms with Gasteiger partial charge in [-0.1, -0.05) is 0 Å². The Bertz CT molecular complexity index is 170. The van der Waals surface area contributed by atoms with E-state index in [1.54, 1.807) is 0 Å². The van der Waals surface area contributed by atoms with E-state index < -0.39 is 0 Å². The Morgan fingerprint density at radius 2 is 0.400 bits per heavy atom. The van der Waals surface area contributed by atoms with Crippen LogP contribution in [0, 0.1) is 0 Å². The van der Waals surface area contributed by atoms with Gasteiger partial charge < -0.3 is 28.7 Å². The van der Waals surface area contributed by atoms with Gasteiger partial charge in [0.1, 0.15) is 0 Å². The predicted octanol–water partition coefficient (Wildman–Crippen LogP) is 0.538. The van der Waals surface area contributed by atoms with Crippen LogP contribution in [0.5, 0.6) is 0 Å². The second-order valence-corrected chi connectivity index (χ2v) is 6.69. The number of hydrogen-bond donors (Lipinski definition) is 5. The van der Waals surface area contributed by atoms with E-state index in [-0.39, 0.29) is 30.2 Å². The number of hydrogen-bond acceptors (Lipinski definition) is 5. The van der Waals surface area contributed by atoms with Crippen LogP contribution in [-0.2, 0) is 0 Å². The molecule has 1 aliphatic rings. The Hall–Kier alpha value is -0.200. The minimum atomic E-state index is 0.222. The second kappa shape index (κ2) is 9.68. The maximum absolute atomic E-state index is 6.13. The highest BCUT2D eigenvalue weighted by molar-refractivity contribution is 4.76. The van der Waals surface area contributed by atoms with Gasteiger partial charge in [-0.15, -0.1) is 0 Å². The van der Waals surface area contributed by atoms with E-state index in [9.17, 15) is 0 Å². The molecule has 120 valence electrons. The lowest BCUT2D eigenvalue weighted by Crippen LogP contribution is -2.30. The lowest BCUT2D eigenvalue weighted by atomic mass is 9.97. The quantitative estimate of drug-likeness (QED) is 0.443. The first-order valence-electron chi connectivity index (χ1n) is 8.25. The molecule has 0 aromatic rings. The van der Waals surface area contributed by atoms with Gasteiger partial charge in [0.25, 0.3) is 0 Å². The Balaban J connectivity index is 2.45. The topological polar surface area (TPSA) is 130 Å². The fourth-order valence-electron chi connectivity index (χ4n) is 2.86. The van der Waals surface area contributed by atoms with Gasteiger partial charge in [0, 0.05) is 30.2 Å². The van der Waals surface area contributed by atoms with Gasteiger partial charge in [-0.2, -0.15) is 0 Å². The molecule has 0 heterocycles. The zero-order chi connectivity index (χ0) is 15.0. The van der Waals surface area contributed by atoms with Gasteiger partial charge in [-0.3, -0.25) is 0 Å². The Morgan fingerprint density at radius 3 is 0.500 bits per heavy atom. The summed E-state index contributed by atoms with van der Waals surface area (Å²) in [6.07, 6.45) is 9.89. The van der Waals surface area contributed by atoms with Crippen molar-refractivity contribution in [3.63, 3.8) is 0 Å². The maximum Gasteiger partial charge on any atom is 0.00399 e. The summed E-state index contributed by atoms with van der Waals surface area (Å²) in [5.41, 5.74) is 30.7. The third-order valence-corrected chi connectivity index (χ3v) is 4.54. The summed E-state index contributed by atoms with van der Waals surface area (Å²) in [5.74, 6) is 0. The molecule has 0 unspecified atom stereocenters. The van der Waals surface area contributed by atoms with Crippen LogP contribution < -0.4 is 28.7 Å². The molecule has 0 aliphatic heterocycles. The first kappa shape index (κ1) is 17.9. The molecule has 5 heteroatoms. The summed E-state index contributed by atoms with van der Waals surface area (Å²) >= 11 is 0. The normalized spacial score (nSPS) is 39.8. The first-order valence-corrected chi connectivity index (χ1v) is 8.25. The van der Waals surface area contributed by atoms with Crippen molar-refractivity contribution in [1.29, 1.82) is 0 Å². The van der Waals surface area contributed by atoms with Gasteiger partial charge in [-0.25, -0.2) is 0 Å². The Morgan fingerprint density at radius 1 is 0.300 bits per heavy atom. The smallest absolute Gasteiger partial charge is 0.00399 e. The summed E-state index contributed by atoms with van der Waals surface area (Å²) in [6.45, 7) is 0. The number of nitrogens with two attached hydrogens (primary N) is 5. The molecule has 0 saturated heterocycles. The van der Waals surface area contributed by atoms with Gasteiger partial charge >= 0.3 is 0 Å². The van der Waals surface area contributed by atoms with Crippen molar-refractivity contribution in [3.05, 3.63) is 0 Å². The molecule has 10 N–H and O–H groups in total. The third kappa shape index (κ3) is 8.17. The molecule has 1 aliphatic carbocycles. The van der Waals surface area contributed by atoms with Crippen molar-refractivity contribution in [2.75, 3.05) is 0 Å². The fraction of sp³-hybridized carbons (Fsp3) is 1.00. The molecule has 1 rings (SSSR count). The molecule has 1 fully saturated rings. The van der Waals surface area contributed by atoms with Crippen molar-refractivity contribution in [2.45, 2.75) is 94.4 Å². The molecular formula is C15H35N5. The highest BCUT2D eigenvalue weighted by atomic mass is 14.7. The zero-order valence-corrected chi connectivity index (χ0v) is 12.8. The largest absolute Gasteiger partial charge is 0.328 e. The molecular weight excluding hydrogens is 250 g/mol. The summed E-state index contributed by atoms with van der Waals surface area (Å²) < 4.78 is 0. The standard InChI is InChI=1S/C15H35N5/c16-11-1-2-12(17)5-6-14(19)9-10-15(20)8-7-13(18)4-3-11/h11-15H,1-10,16-20H2. The van der Waals surface area contributed by atoms with Crippen LogP contribution in [0.15, 0.2) is 0 Å². The monoisotopic (exact) mass is 285 g/mol. The molecule has 5 nitrogen and oxygen atoms in total. The Labute approximate surface area is 124 Å². The first-order chi connectivity index (χ1) is 9.47.